The number of hydrogen-bond donors (Lipinski definition) is 1. The van der Waals surface area contributed by atoms with Gasteiger partial charge < -0.3 is 0 Å². The summed E-state index contributed by atoms with van der Waals surface area (Å²) < 4.78 is 1.20. The first-order valence-electron chi connectivity index (χ1n) is 6.17. The lowest BCUT2D eigenvalue weighted by Gasteiger charge is -2.07. The van der Waals surface area contributed by atoms with Crippen LogP contribution in [0, 0.1) is 13.8 Å². The van der Waals surface area contributed by atoms with Gasteiger partial charge in [0.2, 0.25) is 0 Å². The molecule has 0 atom stereocenters. The van der Waals surface area contributed by atoms with Crippen molar-refractivity contribution in [2.45, 2.75) is 20.4 Å². The highest BCUT2D eigenvalue weighted by Crippen LogP contribution is 2.24. The molecule has 0 aliphatic rings. The minimum atomic E-state index is -0.296. The summed E-state index contributed by atoms with van der Waals surface area (Å²) in [5, 5.41) is 5.52. The lowest BCUT2D eigenvalue weighted by molar-refractivity contribution is 0.598. The highest BCUT2D eigenvalue weighted by Gasteiger charge is 2.11. The van der Waals surface area contributed by atoms with Crippen LogP contribution >= 0.6 is 22.9 Å². The van der Waals surface area contributed by atoms with E-state index in [1.807, 2.05) is 11.4 Å². The molecule has 0 aliphatic heterocycles. The van der Waals surface area contributed by atoms with Gasteiger partial charge in [-0.1, -0.05) is 11.6 Å². The molecule has 0 bridgehead atoms. The Labute approximate surface area is 128 Å². The van der Waals surface area contributed by atoms with E-state index in [0.29, 0.717) is 22.1 Å². The van der Waals surface area contributed by atoms with Gasteiger partial charge in [-0.3, -0.25) is 14.7 Å². The first-order chi connectivity index (χ1) is 9.97. The Hall–Kier alpha value is -1.99. The minimum absolute atomic E-state index is 0.0722. The average Bonchev–Trinajstić information content (AvgIpc) is 2.91. The van der Waals surface area contributed by atoms with E-state index in [9.17, 15) is 9.59 Å². The van der Waals surface area contributed by atoms with Gasteiger partial charge in [-0.15, -0.1) is 11.3 Å². The predicted octanol–water partition coefficient (Wildman–Crippen LogP) is 1.86. The number of nitrogens with zero attached hydrogens (tertiary/aromatic N) is 3. The van der Waals surface area contributed by atoms with E-state index < -0.39 is 0 Å². The number of H-pyrrole nitrogens is 1. The van der Waals surface area contributed by atoms with Gasteiger partial charge in [0, 0.05) is 16.5 Å². The van der Waals surface area contributed by atoms with Crippen molar-refractivity contribution < 1.29 is 0 Å². The summed E-state index contributed by atoms with van der Waals surface area (Å²) >= 11 is 7.54. The topological polar surface area (TPSA) is 80.6 Å². The molecule has 0 aromatic carbocycles. The summed E-state index contributed by atoms with van der Waals surface area (Å²) in [6, 6.07) is 1.84. The molecule has 0 unspecified atom stereocenters. The number of thiophene rings is 1. The van der Waals surface area contributed by atoms with Crippen molar-refractivity contribution in [1.82, 2.24) is 19.7 Å². The van der Waals surface area contributed by atoms with Crippen LogP contribution in [0.25, 0.3) is 10.2 Å². The van der Waals surface area contributed by atoms with Gasteiger partial charge in [-0.2, -0.15) is 0 Å². The molecule has 3 rings (SSSR count). The summed E-state index contributed by atoms with van der Waals surface area (Å²) in [5.41, 5.74) is 0.277. The molecular formula is C13H11ClN4O2S. The number of halogens is 1. The number of aromatic nitrogens is 4. The standard InChI is InChI=1S/C13H11ClN4O2S/c1-6-7(2)13(20)18(17-11(6)19)5-9-15-10(14)8-3-4-21-12(8)16-9/h3-4H,5H2,1-2H3,(H,17,19). The van der Waals surface area contributed by atoms with Gasteiger partial charge >= 0.3 is 0 Å². The van der Waals surface area contributed by atoms with Gasteiger partial charge in [-0.05, 0) is 25.3 Å². The van der Waals surface area contributed by atoms with Crippen molar-refractivity contribution >= 4 is 33.2 Å². The molecule has 0 aliphatic carbocycles. The van der Waals surface area contributed by atoms with Crippen molar-refractivity contribution in [3.8, 4) is 0 Å². The van der Waals surface area contributed by atoms with Gasteiger partial charge in [0.1, 0.15) is 16.5 Å². The van der Waals surface area contributed by atoms with Crippen molar-refractivity contribution in [3.63, 3.8) is 0 Å². The van der Waals surface area contributed by atoms with Crippen LogP contribution in [-0.2, 0) is 6.54 Å². The Morgan fingerprint density at radius 3 is 2.81 bits per heavy atom. The van der Waals surface area contributed by atoms with Crippen LogP contribution in [-0.4, -0.2) is 19.7 Å². The quantitative estimate of drug-likeness (QED) is 0.730. The van der Waals surface area contributed by atoms with Crippen molar-refractivity contribution in [3.05, 3.63) is 54.3 Å². The fraction of sp³-hybridized carbons (Fsp3) is 0.231. The van der Waals surface area contributed by atoms with E-state index in [-0.39, 0.29) is 17.7 Å². The van der Waals surface area contributed by atoms with Gasteiger partial charge in [0.05, 0.1) is 0 Å². The Bertz CT molecular complexity index is 957. The van der Waals surface area contributed by atoms with Crippen LogP contribution in [0.5, 0.6) is 0 Å². The Balaban J connectivity index is 2.11. The summed E-state index contributed by atoms with van der Waals surface area (Å²) in [7, 11) is 0. The molecule has 0 saturated carbocycles. The van der Waals surface area contributed by atoms with Gasteiger partial charge in [-0.25, -0.2) is 14.6 Å². The number of fused-ring (bicyclic) bond motifs is 1. The first kappa shape index (κ1) is 14.0. The van der Waals surface area contributed by atoms with E-state index in [2.05, 4.69) is 15.1 Å². The summed E-state index contributed by atoms with van der Waals surface area (Å²) in [5.74, 6) is 0.385. The fourth-order valence-corrected chi connectivity index (χ4v) is 3.06. The third-order valence-corrected chi connectivity index (χ3v) is 4.42. The van der Waals surface area contributed by atoms with E-state index in [4.69, 9.17) is 11.6 Å². The Kier molecular flexibility index (Phi) is 3.38. The maximum atomic E-state index is 12.2. The van der Waals surface area contributed by atoms with Crippen LogP contribution in [0.1, 0.15) is 17.0 Å². The lowest BCUT2D eigenvalue weighted by atomic mass is 10.2. The molecule has 0 fully saturated rings. The second-order valence-electron chi connectivity index (χ2n) is 4.65. The first-order valence-corrected chi connectivity index (χ1v) is 7.43. The maximum absolute atomic E-state index is 12.2. The lowest BCUT2D eigenvalue weighted by Crippen LogP contribution is -2.33. The summed E-state index contributed by atoms with van der Waals surface area (Å²) in [6.07, 6.45) is 0. The zero-order valence-corrected chi connectivity index (χ0v) is 12.9. The van der Waals surface area contributed by atoms with Crippen LogP contribution in [0.2, 0.25) is 5.15 Å². The van der Waals surface area contributed by atoms with Crippen LogP contribution < -0.4 is 11.1 Å². The maximum Gasteiger partial charge on any atom is 0.268 e. The van der Waals surface area contributed by atoms with Gasteiger partial charge in [0.25, 0.3) is 11.1 Å². The molecule has 0 radical (unpaired) electrons. The number of nitrogens with one attached hydrogen (secondary N) is 1. The van der Waals surface area contributed by atoms with Crippen LogP contribution in [0.4, 0.5) is 0 Å². The smallest absolute Gasteiger partial charge is 0.268 e. The number of hydrogen-bond acceptors (Lipinski definition) is 5. The Morgan fingerprint density at radius 2 is 2.05 bits per heavy atom. The largest absolute Gasteiger partial charge is 0.268 e. The van der Waals surface area contributed by atoms with E-state index in [1.54, 1.807) is 13.8 Å². The molecule has 3 aromatic heterocycles. The highest BCUT2D eigenvalue weighted by atomic mass is 35.5. The second-order valence-corrected chi connectivity index (χ2v) is 5.90. The molecule has 1 N–H and O–H groups in total. The highest BCUT2D eigenvalue weighted by molar-refractivity contribution is 7.16. The third kappa shape index (κ3) is 2.38. The van der Waals surface area contributed by atoms with E-state index in [0.717, 1.165) is 10.2 Å². The summed E-state index contributed by atoms with van der Waals surface area (Å²) in [4.78, 5) is 33.2. The zero-order chi connectivity index (χ0) is 15.1. The SMILES string of the molecule is Cc1c(C)c(=O)n(Cc2nc(Cl)c3ccsc3n2)[nH]c1=O. The predicted molar refractivity (Wildman–Crippen MR) is 82.3 cm³/mol. The van der Waals surface area contributed by atoms with Crippen LogP contribution in [0.15, 0.2) is 21.0 Å². The average molecular weight is 323 g/mol. The van der Waals surface area contributed by atoms with Crippen LogP contribution in [0.3, 0.4) is 0 Å². The molecular weight excluding hydrogens is 312 g/mol. The molecule has 3 heterocycles. The number of rotatable bonds is 2. The third-order valence-electron chi connectivity index (χ3n) is 3.33. The van der Waals surface area contributed by atoms with E-state index in [1.165, 1.54) is 16.0 Å². The number of aromatic amines is 1. The molecule has 21 heavy (non-hydrogen) atoms. The van der Waals surface area contributed by atoms with E-state index >= 15 is 0 Å². The van der Waals surface area contributed by atoms with Crippen molar-refractivity contribution in [1.29, 1.82) is 0 Å². The van der Waals surface area contributed by atoms with Crippen molar-refractivity contribution in [2.75, 3.05) is 0 Å². The molecule has 108 valence electrons. The molecule has 0 spiro atoms. The fourth-order valence-electron chi connectivity index (χ4n) is 1.97. The molecule has 0 amide bonds. The molecule has 6 nitrogen and oxygen atoms in total. The normalized spacial score (nSPS) is 11.2. The van der Waals surface area contributed by atoms with Crippen molar-refractivity contribution in [2.24, 2.45) is 0 Å². The summed E-state index contributed by atoms with van der Waals surface area (Å²) in [6.45, 7) is 3.31. The minimum Gasteiger partial charge on any atom is -0.268 e. The second kappa shape index (κ2) is 5.09. The molecule has 0 saturated heterocycles. The molecule has 8 heteroatoms. The monoisotopic (exact) mass is 322 g/mol. The van der Waals surface area contributed by atoms with Gasteiger partial charge in [0.15, 0.2) is 5.82 Å². The Morgan fingerprint density at radius 1 is 1.29 bits per heavy atom. The zero-order valence-electron chi connectivity index (χ0n) is 11.3. The molecule has 3 aromatic rings.